The van der Waals surface area contributed by atoms with Gasteiger partial charge < -0.3 is 37.6 Å². The maximum absolute atomic E-state index is 12.5. The van der Waals surface area contributed by atoms with Crippen LogP contribution in [0.2, 0.25) is 0 Å². The van der Waals surface area contributed by atoms with E-state index in [-0.39, 0.29) is 18.1 Å². The minimum atomic E-state index is -1.56. The molecule has 0 aromatic rings. The van der Waals surface area contributed by atoms with Gasteiger partial charge in [-0.2, -0.15) is 12.6 Å². The van der Waals surface area contributed by atoms with Crippen LogP contribution in [-0.2, 0) is 24.0 Å². The summed E-state index contributed by atoms with van der Waals surface area (Å²) in [6, 6.07) is -4.88. The zero-order valence-corrected chi connectivity index (χ0v) is 18.6. The Hall–Kier alpha value is -2.38. The maximum Gasteiger partial charge on any atom is 0.326 e. The molecule has 0 aliphatic rings. The van der Waals surface area contributed by atoms with Crippen molar-refractivity contribution in [2.45, 2.75) is 63.7 Å². The van der Waals surface area contributed by atoms with Crippen molar-refractivity contribution in [2.75, 3.05) is 12.3 Å². The summed E-state index contributed by atoms with van der Waals surface area (Å²) in [6.07, 6.45) is 0.296. The molecule has 0 aliphatic heterocycles. The highest BCUT2D eigenvalue weighted by molar-refractivity contribution is 7.80. The fraction of sp³-hybridized carbons (Fsp3) is 0.722. The first kappa shape index (κ1) is 28.6. The first-order valence-corrected chi connectivity index (χ1v) is 10.5. The summed E-state index contributed by atoms with van der Waals surface area (Å²) < 4.78 is 0. The number of thiol groups is 1. The number of carboxylic acid groups (broad SMARTS) is 2. The Balaban J connectivity index is 5.25. The molecular formula is C18H33N5O7S. The van der Waals surface area contributed by atoms with E-state index < -0.39 is 60.2 Å². The number of nitrogens with one attached hydrogen (secondary N) is 3. The molecule has 12 nitrogen and oxygen atoms in total. The smallest absolute Gasteiger partial charge is 0.326 e. The second-order valence-corrected chi connectivity index (χ2v) is 7.72. The zero-order valence-electron chi connectivity index (χ0n) is 17.7. The Kier molecular flexibility index (Phi) is 13.5. The predicted molar refractivity (Wildman–Crippen MR) is 115 cm³/mol. The molecule has 0 rings (SSSR count). The van der Waals surface area contributed by atoms with Gasteiger partial charge in [-0.3, -0.25) is 19.2 Å². The van der Waals surface area contributed by atoms with Crippen molar-refractivity contribution < 1.29 is 34.2 Å². The molecule has 4 atom stereocenters. The predicted octanol–water partition coefficient (Wildman–Crippen LogP) is -1.96. The summed E-state index contributed by atoms with van der Waals surface area (Å²) in [4.78, 5) is 59.6. The molecule has 0 aromatic heterocycles. The normalized spacial score (nSPS) is 14.8. The maximum atomic E-state index is 12.5. The van der Waals surface area contributed by atoms with E-state index in [2.05, 4.69) is 28.6 Å². The quantitative estimate of drug-likeness (QED) is 0.0998. The summed E-state index contributed by atoms with van der Waals surface area (Å²) in [5.74, 6) is -5.44. The molecule has 0 saturated carbocycles. The van der Waals surface area contributed by atoms with Gasteiger partial charge in [0.25, 0.3) is 0 Å². The third-order valence-electron chi connectivity index (χ3n) is 4.41. The molecule has 4 unspecified atom stereocenters. The number of hydrogen-bond acceptors (Lipinski definition) is 8. The van der Waals surface area contributed by atoms with Gasteiger partial charge in [0.1, 0.15) is 18.1 Å². The van der Waals surface area contributed by atoms with E-state index in [0.717, 1.165) is 0 Å². The van der Waals surface area contributed by atoms with E-state index >= 15 is 0 Å². The van der Waals surface area contributed by atoms with Crippen molar-refractivity contribution in [3.63, 3.8) is 0 Å². The molecule has 0 aromatic carbocycles. The number of amides is 3. The molecule has 13 heteroatoms. The second kappa shape index (κ2) is 14.6. The van der Waals surface area contributed by atoms with Crippen molar-refractivity contribution in [3.05, 3.63) is 0 Å². The first-order valence-electron chi connectivity index (χ1n) is 9.86. The van der Waals surface area contributed by atoms with Crippen molar-refractivity contribution in [2.24, 2.45) is 17.4 Å². The highest BCUT2D eigenvalue weighted by Crippen LogP contribution is 2.04. The van der Waals surface area contributed by atoms with Gasteiger partial charge in [-0.25, -0.2) is 4.79 Å². The highest BCUT2D eigenvalue weighted by Gasteiger charge is 2.31. The Morgan fingerprint density at radius 1 is 0.871 bits per heavy atom. The lowest BCUT2D eigenvalue weighted by atomic mass is 10.0. The molecule has 0 aliphatic carbocycles. The van der Waals surface area contributed by atoms with Gasteiger partial charge in [-0.1, -0.05) is 13.8 Å². The average molecular weight is 464 g/mol. The number of nitrogens with two attached hydrogens (primary N) is 2. The molecule has 0 fully saturated rings. The Morgan fingerprint density at radius 3 is 1.84 bits per heavy atom. The van der Waals surface area contributed by atoms with E-state index in [4.69, 9.17) is 16.6 Å². The number of aliphatic carboxylic acids is 2. The van der Waals surface area contributed by atoms with Crippen LogP contribution in [0.15, 0.2) is 0 Å². The fourth-order valence-electron chi connectivity index (χ4n) is 2.44. The molecule has 178 valence electrons. The van der Waals surface area contributed by atoms with Gasteiger partial charge in [0.05, 0.1) is 12.5 Å². The van der Waals surface area contributed by atoms with Crippen LogP contribution < -0.4 is 27.4 Å². The number of carbonyl (C=O) groups excluding carboxylic acids is 3. The van der Waals surface area contributed by atoms with E-state index in [1.54, 1.807) is 13.8 Å². The minimum absolute atomic E-state index is 0.0917. The molecule has 0 radical (unpaired) electrons. The summed E-state index contributed by atoms with van der Waals surface area (Å²) in [5.41, 5.74) is 11.1. The van der Waals surface area contributed by atoms with Crippen molar-refractivity contribution in [1.82, 2.24) is 16.0 Å². The van der Waals surface area contributed by atoms with Gasteiger partial charge in [0.2, 0.25) is 17.7 Å². The molecule has 0 heterocycles. The number of unbranched alkanes of at least 4 members (excludes halogenated alkanes) is 1. The van der Waals surface area contributed by atoms with Gasteiger partial charge in [0.15, 0.2) is 0 Å². The van der Waals surface area contributed by atoms with Crippen molar-refractivity contribution >= 4 is 42.3 Å². The van der Waals surface area contributed by atoms with Gasteiger partial charge in [-0.15, -0.1) is 0 Å². The number of rotatable bonds is 15. The molecule has 0 saturated heterocycles. The van der Waals surface area contributed by atoms with Crippen LogP contribution in [0.5, 0.6) is 0 Å². The van der Waals surface area contributed by atoms with Gasteiger partial charge in [-0.05, 0) is 31.7 Å². The zero-order chi connectivity index (χ0) is 24.1. The lowest BCUT2D eigenvalue weighted by Crippen LogP contribution is -2.58. The topological polar surface area (TPSA) is 214 Å². The van der Waals surface area contributed by atoms with Crippen LogP contribution in [0.4, 0.5) is 0 Å². The lowest BCUT2D eigenvalue weighted by molar-refractivity contribution is -0.143. The number of carbonyl (C=O) groups is 5. The summed E-state index contributed by atoms with van der Waals surface area (Å²) in [6.45, 7) is 3.80. The number of hydrogen-bond donors (Lipinski definition) is 8. The largest absolute Gasteiger partial charge is 0.481 e. The molecule has 31 heavy (non-hydrogen) atoms. The monoisotopic (exact) mass is 463 g/mol. The SMILES string of the molecule is CC(C)C(N)C(=O)NC(CS)C(=O)NC(CC(=O)O)C(=O)NC(CCCCN)C(=O)O. The third-order valence-corrected chi connectivity index (χ3v) is 4.77. The molecule has 9 N–H and O–H groups in total. The Morgan fingerprint density at radius 2 is 1.39 bits per heavy atom. The standard InChI is InChI=1S/C18H33N5O7S/c1-9(2)14(20)17(28)23-12(8-31)16(27)22-11(7-13(24)25)15(26)21-10(18(29)30)5-3-4-6-19/h9-12,14,31H,3-8,19-20H2,1-2H3,(H,21,26)(H,22,27)(H,23,28)(H,24,25)(H,29,30). The number of carboxylic acids is 2. The summed E-state index contributed by atoms with van der Waals surface area (Å²) in [5, 5.41) is 25.2. The second-order valence-electron chi connectivity index (χ2n) is 7.36. The lowest BCUT2D eigenvalue weighted by Gasteiger charge is -2.24. The summed E-state index contributed by atoms with van der Waals surface area (Å²) in [7, 11) is 0. The van der Waals surface area contributed by atoms with E-state index in [9.17, 15) is 29.1 Å². The van der Waals surface area contributed by atoms with Crippen LogP contribution in [0.25, 0.3) is 0 Å². The summed E-state index contributed by atoms with van der Waals surface area (Å²) >= 11 is 4.00. The van der Waals surface area contributed by atoms with Crippen LogP contribution in [0, 0.1) is 5.92 Å². The van der Waals surface area contributed by atoms with Gasteiger partial charge in [0, 0.05) is 5.75 Å². The minimum Gasteiger partial charge on any atom is -0.481 e. The van der Waals surface area contributed by atoms with E-state index in [0.29, 0.717) is 19.4 Å². The third kappa shape index (κ3) is 11.0. The van der Waals surface area contributed by atoms with Crippen molar-refractivity contribution in [3.8, 4) is 0 Å². The average Bonchev–Trinajstić information content (AvgIpc) is 2.69. The van der Waals surface area contributed by atoms with Crippen molar-refractivity contribution in [1.29, 1.82) is 0 Å². The highest BCUT2D eigenvalue weighted by atomic mass is 32.1. The first-order chi connectivity index (χ1) is 14.4. The fourth-order valence-corrected chi connectivity index (χ4v) is 2.70. The van der Waals surface area contributed by atoms with Crippen LogP contribution in [0.1, 0.15) is 39.5 Å². The van der Waals surface area contributed by atoms with Crippen LogP contribution in [0.3, 0.4) is 0 Å². The van der Waals surface area contributed by atoms with E-state index in [1.807, 2.05) is 0 Å². The molecule has 0 bridgehead atoms. The van der Waals surface area contributed by atoms with E-state index in [1.165, 1.54) is 0 Å². The molecule has 3 amide bonds. The Bertz CT molecular complexity index is 647. The van der Waals surface area contributed by atoms with Crippen LogP contribution >= 0.6 is 12.6 Å². The van der Waals surface area contributed by atoms with Crippen LogP contribution in [-0.4, -0.2) is 76.3 Å². The molecular weight excluding hydrogens is 430 g/mol. The van der Waals surface area contributed by atoms with Gasteiger partial charge >= 0.3 is 11.9 Å². The Labute approximate surface area is 186 Å². The molecule has 0 spiro atoms.